The van der Waals surface area contributed by atoms with Crippen LogP contribution >= 0.6 is 0 Å². The molecule has 4 fully saturated rings. The molecule has 2 aliphatic carbocycles. The van der Waals surface area contributed by atoms with Gasteiger partial charge in [0.1, 0.15) is 23.7 Å². The summed E-state index contributed by atoms with van der Waals surface area (Å²) in [5.74, 6) is -4.84. The van der Waals surface area contributed by atoms with E-state index in [0.717, 1.165) is 11.0 Å². The van der Waals surface area contributed by atoms with Gasteiger partial charge in [0.2, 0.25) is 39.2 Å². The van der Waals surface area contributed by atoms with Crippen LogP contribution in [-0.4, -0.2) is 116 Å². The van der Waals surface area contributed by atoms with Crippen LogP contribution in [0.4, 0.5) is 22.4 Å². The minimum Gasteiger partial charge on any atom is -0.494 e. The van der Waals surface area contributed by atoms with Gasteiger partial charge in [0.15, 0.2) is 11.6 Å². The minimum absolute atomic E-state index is 0.0338. The summed E-state index contributed by atoms with van der Waals surface area (Å²) in [5.41, 5.74) is -4.68. The molecule has 3 aliphatic heterocycles. The molecular formula is C43H55F4N5O11S. The van der Waals surface area contributed by atoms with Crippen molar-refractivity contribution >= 4 is 44.6 Å². The van der Waals surface area contributed by atoms with Crippen molar-refractivity contribution in [2.75, 3.05) is 34.0 Å². The quantitative estimate of drug-likeness (QED) is 0.208. The molecule has 0 spiro atoms. The maximum absolute atomic E-state index is 15.1. The third kappa shape index (κ3) is 9.28. The number of halogens is 4. The van der Waals surface area contributed by atoms with E-state index in [9.17, 15) is 36.0 Å². The number of benzene rings is 1. The largest absolute Gasteiger partial charge is 0.494 e. The first-order valence-corrected chi connectivity index (χ1v) is 23.1. The Bertz CT molecular complexity index is 2290. The molecule has 8 atom stereocenters. The van der Waals surface area contributed by atoms with Gasteiger partial charge in [-0.05, 0) is 81.2 Å². The lowest BCUT2D eigenvalue weighted by Crippen LogP contribution is -2.61. The van der Waals surface area contributed by atoms with Crippen molar-refractivity contribution in [3.05, 3.63) is 36.2 Å². The van der Waals surface area contributed by atoms with E-state index in [0.29, 0.717) is 37.5 Å². The normalized spacial score (nSPS) is 31.2. The van der Waals surface area contributed by atoms with Crippen LogP contribution in [0.1, 0.15) is 85.0 Å². The molecule has 2 aromatic rings. The highest BCUT2D eigenvalue weighted by Gasteiger charge is 2.63. The first-order chi connectivity index (χ1) is 30.2. The molecule has 2 unspecified atom stereocenters. The first kappa shape index (κ1) is 47.1. The van der Waals surface area contributed by atoms with Gasteiger partial charge >= 0.3 is 12.3 Å². The standard InChI is InChI=1S/C43H55F4N5O11S/c1-6-25-16-24(2)10-7-8-11-27-21-42(27,38(55)51-64(57,58)40(3)13-14-40)50-35(53)31-19-28(62-36-29-20-30(44)32(59-4)17-26(29)18-33(48-36)60-5)22-52(31)37(54)34(25)49-39(56)63-41(43(45,46)47)12-9-15-61-23-41/h8,11,17-18,20,24-25,27-28,31,34H,6-7,9-10,12-16,19,21-23H2,1-5H3,(H,49,56)(H,50,53)(H,51,55)/b11-8-/t24-,25-,27?,28-,31+,34+,41?,42-/m1/s1. The molecule has 352 valence electrons. The minimum atomic E-state index is -5.00. The van der Waals surface area contributed by atoms with Gasteiger partial charge < -0.3 is 39.2 Å². The van der Waals surface area contributed by atoms with E-state index in [1.165, 1.54) is 33.3 Å². The van der Waals surface area contributed by atoms with Crippen molar-refractivity contribution in [3.63, 3.8) is 0 Å². The number of nitrogens with zero attached hydrogens (tertiary/aromatic N) is 2. The van der Waals surface area contributed by atoms with Gasteiger partial charge in [0, 0.05) is 36.8 Å². The molecule has 64 heavy (non-hydrogen) atoms. The summed E-state index contributed by atoms with van der Waals surface area (Å²) in [4.78, 5) is 63.1. The zero-order valence-electron chi connectivity index (χ0n) is 36.3. The molecule has 2 saturated heterocycles. The topological polar surface area (TPSA) is 201 Å². The Kier molecular flexibility index (Phi) is 13.1. The maximum atomic E-state index is 15.1. The van der Waals surface area contributed by atoms with E-state index in [1.54, 1.807) is 13.0 Å². The summed E-state index contributed by atoms with van der Waals surface area (Å²) in [6.07, 6.45) is -2.35. The molecule has 2 saturated carbocycles. The van der Waals surface area contributed by atoms with Crippen molar-refractivity contribution < 1.29 is 68.8 Å². The number of carbonyl (C=O) groups excluding carboxylic acids is 4. The Hall–Kier alpha value is -4.92. The lowest BCUT2D eigenvalue weighted by molar-refractivity contribution is -0.285. The van der Waals surface area contributed by atoms with E-state index in [4.69, 9.17) is 23.7 Å². The van der Waals surface area contributed by atoms with E-state index >= 15 is 9.18 Å². The molecule has 0 bridgehead atoms. The molecule has 21 heteroatoms. The van der Waals surface area contributed by atoms with Crippen molar-refractivity contribution in [2.45, 2.75) is 125 Å². The molecule has 4 heterocycles. The summed E-state index contributed by atoms with van der Waals surface area (Å²) in [6, 6.07) is 1.13. The van der Waals surface area contributed by atoms with Gasteiger partial charge in [-0.15, -0.1) is 0 Å². The number of rotatable bonds is 10. The summed E-state index contributed by atoms with van der Waals surface area (Å²) in [5, 5.41) is 5.84. The summed E-state index contributed by atoms with van der Waals surface area (Å²) < 4.78 is 113. The number of hydrogen-bond acceptors (Lipinski definition) is 12. The molecular weight excluding hydrogens is 871 g/mol. The van der Waals surface area contributed by atoms with Crippen LogP contribution < -0.4 is 29.6 Å². The highest BCUT2D eigenvalue weighted by atomic mass is 32.2. The molecule has 16 nitrogen and oxygen atoms in total. The number of allylic oxidation sites excluding steroid dienone is 1. The fourth-order valence-electron chi connectivity index (χ4n) is 8.99. The number of aromatic nitrogens is 1. The zero-order chi connectivity index (χ0) is 46.4. The average Bonchev–Trinajstić information content (AvgIpc) is 4.13. The van der Waals surface area contributed by atoms with Crippen LogP contribution in [-0.2, 0) is 33.9 Å². The second kappa shape index (κ2) is 17.8. The van der Waals surface area contributed by atoms with Gasteiger partial charge in [0.05, 0.1) is 32.1 Å². The molecule has 1 aromatic carbocycles. The molecule has 3 N–H and O–H groups in total. The predicted molar refractivity (Wildman–Crippen MR) is 221 cm³/mol. The van der Waals surface area contributed by atoms with Crippen LogP contribution in [0.15, 0.2) is 30.4 Å². The number of carbonyl (C=O) groups is 4. The molecule has 5 aliphatic rings. The number of amides is 4. The van der Waals surface area contributed by atoms with Crippen molar-refractivity contribution in [3.8, 4) is 17.5 Å². The Labute approximate surface area is 368 Å². The number of methoxy groups -OCH3 is 2. The molecule has 4 amide bonds. The van der Waals surface area contributed by atoms with Crippen LogP contribution in [0.25, 0.3) is 10.8 Å². The fraction of sp³-hybridized carbons (Fsp3) is 0.651. The Morgan fingerprint density at radius 2 is 1.84 bits per heavy atom. The van der Waals surface area contributed by atoms with E-state index in [1.807, 2.05) is 13.0 Å². The smallest absolute Gasteiger partial charge is 0.430 e. The third-order valence-electron chi connectivity index (χ3n) is 13.4. The van der Waals surface area contributed by atoms with Gasteiger partial charge in [-0.25, -0.2) is 17.6 Å². The number of sulfonamides is 1. The second-order valence-electron chi connectivity index (χ2n) is 18.0. The van der Waals surface area contributed by atoms with Crippen molar-refractivity contribution in [2.24, 2.45) is 17.8 Å². The fourth-order valence-corrected chi connectivity index (χ4v) is 10.3. The summed E-state index contributed by atoms with van der Waals surface area (Å²) in [7, 11) is -1.48. The molecule has 0 radical (unpaired) electrons. The Morgan fingerprint density at radius 1 is 1.09 bits per heavy atom. The van der Waals surface area contributed by atoms with Crippen LogP contribution in [0, 0.1) is 23.6 Å². The SMILES string of the molecule is CC[C@@H]1C[C@H](C)CC/C=C\C2C[C@@]2(C(=O)NS(=O)(=O)C2(C)CC2)NC(=O)[C@@H]2C[C@@H](Oc3nc(OC)cc4cc(OC)c(F)cc34)CN2C(=O)[C@H]1NC(=O)OC1(C(F)(F)F)CCCOC1. The van der Waals surface area contributed by atoms with Gasteiger partial charge in [-0.3, -0.25) is 19.1 Å². The average molecular weight is 926 g/mol. The summed E-state index contributed by atoms with van der Waals surface area (Å²) in [6.45, 7) is 3.99. The van der Waals surface area contributed by atoms with E-state index < -0.39 is 105 Å². The van der Waals surface area contributed by atoms with Crippen LogP contribution in [0.2, 0.25) is 0 Å². The number of nitrogens with one attached hydrogen (secondary N) is 3. The number of alkyl halides is 3. The Morgan fingerprint density at radius 3 is 2.48 bits per heavy atom. The highest BCUT2D eigenvalue weighted by Crippen LogP contribution is 2.48. The lowest BCUT2D eigenvalue weighted by atomic mass is 9.85. The number of alkyl carbamates (subject to hydrolysis) is 1. The number of ether oxygens (including phenoxy) is 5. The van der Waals surface area contributed by atoms with Crippen molar-refractivity contribution in [1.82, 2.24) is 25.2 Å². The number of hydrogen-bond donors (Lipinski definition) is 3. The van der Waals surface area contributed by atoms with Gasteiger partial charge in [-0.1, -0.05) is 32.4 Å². The second-order valence-corrected chi connectivity index (χ2v) is 20.2. The summed E-state index contributed by atoms with van der Waals surface area (Å²) >= 11 is 0. The number of fused-ring (bicyclic) bond motifs is 3. The van der Waals surface area contributed by atoms with Gasteiger partial charge in [0.25, 0.3) is 5.91 Å². The van der Waals surface area contributed by atoms with Gasteiger partial charge in [-0.2, -0.15) is 18.2 Å². The molecule has 1 aromatic heterocycles. The lowest BCUT2D eigenvalue weighted by Gasteiger charge is -2.39. The van der Waals surface area contributed by atoms with E-state index in [-0.39, 0.29) is 67.6 Å². The van der Waals surface area contributed by atoms with Crippen LogP contribution in [0.5, 0.6) is 17.5 Å². The zero-order valence-corrected chi connectivity index (χ0v) is 37.2. The first-order valence-electron chi connectivity index (χ1n) is 21.6. The molecule has 7 rings (SSSR count). The third-order valence-corrected chi connectivity index (χ3v) is 15.6. The number of pyridine rings is 1. The monoisotopic (exact) mass is 925 g/mol. The Balaban J connectivity index is 1.26. The maximum Gasteiger partial charge on any atom is 0.430 e. The highest BCUT2D eigenvalue weighted by molar-refractivity contribution is 7.91. The predicted octanol–water partition coefficient (Wildman–Crippen LogP) is 5.22. The van der Waals surface area contributed by atoms with Crippen LogP contribution in [0.3, 0.4) is 0 Å². The van der Waals surface area contributed by atoms with Crippen molar-refractivity contribution in [1.29, 1.82) is 0 Å². The van der Waals surface area contributed by atoms with E-state index in [2.05, 4.69) is 20.3 Å².